The van der Waals surface area contributed by atoms with Crippen LogP contribution in [0.1, 0.15) is 28.8 Å². The predicted octanol–water partition coefficient (Wildman–Crippen LogP) is 2.54. The summed E-state index contributed by atoms with van der Waals surface area (Å²) in [6.45, 7) is 1.84. The Hall–Kier alpha value is -3.37. The quantitative estimate of drug-likeness (QED) is 0.521. The molecular weight excluding hydrogens is 420 g/mol. The van der Waals surface area contributed by atoms with Gasteiger partial charge in [0.15, 0.2) is 0 Å². The Morgan fingerprint density at radius 3 is 2.84 bits per heavy atom. The molecule has 0 atom stereocenters. The van der Waals surface area contributed by atoms with E-state index in [1.54, 1.807) is 15.5 Å². The molecular formula is C22H23F2N5O3. The molecule has 2 aromatic carbocycles. The van der Waals surface area contributed by atoms with E-state index in [2.05, 4.69) is 15.6 Å². The van der Waals surface area contributed by atoms with Gasteiger partial charge in [0.2, 0.25) is 11.9 Å². The van der Waals surface area contributed by atoms with E-state index in [0.717, 1.165) is 11.6 Å². The fourth-order valence-corrected chi connectivity index (χ4v) is 3.71. The third-order valence-corrected chi connectivity index (χ3v) is 5.30. The van der Waals surface area contributed by atoms with Crippen LogP contribution in [0.4, 0.5) is 20.4 Å². The molecule has 0 unspecified atom stereocenters. The number of nitrogens with zero attached hydrogens (tertiary/aromatic N) is 3. The number of hydrogen-bond donors (Lipinski definition) is 3. The van der Waals surface area contributed by atoms with Crippen molar-refractivity contribution < 1.29 is 23.5 Å². The van der Waals surface area contributed by atoms with Crippen LogP contribution in [-0.4, -0.2) is 52.7 Å². The lowest BCUT2D eigenvalue weighted by atomic mass is 10.1. The summed E-state index contributed by atoms with van der Waals surface area (Å²) in [6.07, 6.45) is -2.24. The number of alkyl halides is 2. The zero-order chi connectivity index (χ0) is 22.7. The molecule has 2 amide bonds. The molecule has 0 saturated carbocycles. The van der Waals surface area contributed by atoms with Crippen molar-refractivity contribution in [3.05, 3.63) is 53.6 Å². The minimum absolute atomic E-state index is 0.0391. The molecule has 8 nitrogen and oxygen atoms in total. The molecule has 1 saturated heterocycles. The number of fused-ring (bicyclic) bond motifs is 1. The van der Waals surface area contributed by atoms with Crippen molar-refractivity contribution in [3.63, 3.8) is 0 Å². The summed E-state index contributed by atoms with van der Waals surface area (Å²) in [5.74, 6) is -0.363. The number of hydrogen-bond acceptors (Lipinski definition) is 5. The van der Waals surface area contributed by atoms with Gasteiger partial charge in [-0.15, -0.1) is 0 Å². The smallest absolute Gasteiger partial charge is 0.263 e. The van der Waals surface area contributed by atoms with E-state index < -0.39 is 12.3 Å². The lowest BCUT2D eigenvalue weighted by molar-refractivity contribution is -0.118. The van der Waals surface area contributed by atoms with Crippen LogP contribution >= 0.6 is 0 Å². The third kappa shape index (κ3) is 4.46. The Morgan fingerprint density at radius 2 is 2.09 bits per heavy atom. The second kappa shape index (κ2) is 9.41. The van der Waals surface area contributed by atoms with Gasteiger partial charge in [-0.2, -0.15) is 0 Å². The van der Waals surface area contributed by atoms with Crippen LogP contribution in [0, 0.1) is 0 Å². The number of benzene rings is 2. The maximum atomic E-state index is 13.0. The van der Waals surface area contributed by atoms with E-state index in [1.165, 1.54) is 18.2 Å². The van der Waals surface area contributed by atoms with Crippen LogP contribution in [0.5, 0.6) is 0 Å². The highest BCUT2D eigenvalue weighted by atomic mass is 19.3. The van der Waals surface area contributed by atoms with Crippen LogP contribution < -0.4 is 15.5 Å². The molecule has 0 bridgehead atoms. The summed E-state index contributed by atoms with van der Waals surface area (Å²) in [5, 5.41) is 15.0. The van der Waals surface area contributed by atoms with Crippen molar-refractivity contribution in [1.82, 2.24) is 14.9 Å². The number of amides is 2. The summed E-state index contributed by atoms with van der Waals surface area (Å²) in [6, 6.07) is 10.7. The van der Waals surface area contributed by atoms with Crippen molar-refractivity contribution in [2.75, 3.05) is 36.5 Å². The van der Waals surface area contributed by atoms with Gasteiger partial charge in [-0.3, -0.25) is 14.9 Å². The number of halogens is 2. The first-order valence-corrected chi connectivity index (χ1v) is 10.3. The average Bonchev–Trinajstić information content (AvgIpc) is 3.14. The van der Waals surface area contributed by atoms with E-state index in [9.17, 15) is 23.5 Å². The van der Waals surface area contributed by atoms with Crippen LogP contribution in [0.25, 0.3) is 11.0 Å². The van der Waals surface area contributed by atoms with E-state index in [-0.39, 0.29) is 36.1 Å². The molecule has 3 N–H and O–H groups in total. The van der Waals surface area contributed by atoms with Gasteiger partial charge in [0.1, 0.15) is 0 Å². The number of carbonyl (C=O) groups excluding carboxylic acids is 2. The van der Waals surface area contributed by atoms with E-state index in [0.29, 0.717) is 37.3 Å². The first kappa shape index (κ1) is 21.8. The van der Waals surface area contributed by atoms with Crippen LogP contribution in [0.15, 0.2) is 42.5 Å². The zero-order valence-corrected chi connectivity index (χ0v) is 17.2. The molecule has 1 aliphatic rings. The number of aryl methyl sites for hydroxylation is 1. The maximum Gasteiger partial charge on any atom is 0.263 e. The Labute approximate surface area is 182 Å². The maximum absolute atomic E-state index is 13.0. The molecule has 3 aromatic rings. The molecule has 0 spiro atoms. The summed E-state index contributed by atoms with van der Waals surface area (Å²) in [4.78, 5) is 31.1. The molecule has 0 aliphatic carbocycles. The molecule has 10 heteroatoms. The molecule has 32 heavy (non-hydrogen) atoms. The van der Waals surface area contributed by atoms with E-state index >= 15 is 0 Å². The molecule has 4 rings (SSSR count). The van der Waals surface area contributed by atoms with Crippen LogP contribution in [-0.2, 0) is 11.3 Å². The van der Waals surface area contributed by atoms with Gasteiger partial charge in [0.25, 0.3) is 12.3 Å². The summed E-state index contributed by atoms with van der Waals surface area (Å²) < 4.78 is 27.7. The molecule has 168 valence electrons. The van der Waals surface area contributed by atoms with Gasteiger partial charge in [-0.1, -0.05) is 12.1 Å². The fraction of sp³-hybridized carbons (Fsp3) is 0.318. The minimum atomic E-state index is -2.68. The summed E-state index contributed by atoms with van der Waals surface area (Å²) in [5.41, 5.74) is 1.86. The number of anilines is 2. The van der Waals surface area contributed by atoms with Gasteiger partial charge < -0.3 is 19.9 Å². The number of aliphatic hydroxyl groups excluding tert-OH is 1. The number of aliphatic hydroxyl groups is 1. The Kier molecular flexibility index (Phi) is 6.42. The molecule has 1 aromatic heterocycles. The summed E-state index contributed by atoms with van der Waals surface area (Å²) in [7, 11) is 0. The fourth-order valence-electron chi connectivity index (χ4n) is 3.71. The topological polar surface area (TPSA) is 99.5 Å². The highest BCUT2D eigenvalue weighted by Gasteiger charge is 2.21. The zero-order valence-electron chi connectivity index (χ0n) is 17.2. The third-order valence-electron chi connectivity index (χ3n) is 5.30. The Balaban J connectivity index is 1.67. The predicted molar refractivity (Wildman–Crippen MR) is 116 cm³/mol. The van der Waals surface area contributed by atoms with Crippen molar-refractivity contribution in [2.24, 2.45) is 0 Å². The lowest BCUT2D eigenvalue weighted by Gasteiger charge is -2.27. The Bertz CT molecular complexity index is 1150. The van der Waals surface area contributed by atoms with E-state index in [4.69, 9.17) is 0 Å². The van der Waals surface area contributed by atoms with E-state index in [1.807, 2.05) is 12.1 Å². The second-order valence-electron chi connectivity index (χ2n) is 7.44. The van der Waals surface area contributed by atoms with Crippen molar-refractivity contribution in [1.29, 1.82) is 0 Å². The van der Waals surface area contributed by atoms with Gasteiger partial charge in [0.05, 0.1) is 17.6 Å². The normalized spacial score (nSPS) is 14.4. The lowest BCUT2D eigenvalue weighted by Crippen LogP contribution is -2.48. The first-order chi connectivity index (χ1) is 15.5. The molecule has 2 heterocycles. The second-order valence-corrected chi connectivity index (χ2v) is 7.44. The summed E-state index contributed by atoms with van der Waals surface area (Å²) >= 11 is 0. The van der Waals surface area contributed by atoms with Gasteiger partial charge >= 0.3 is 0 Å². The van der Waals surface area contributed by atoms with Crippen molar-refractivity contribution >= 4 is 34.5 Å². The number of imidazole rings is 1. The Morgan fingerprint density at radius 1 is 1.25 bits per heavy atom. The average molecular weight is 443 g/mol. The number of carbonyl (C=O) groups is 2. The number of aromatic nitrogens is 2. The SMILES string of the molecule is O=C(Nc1nc2cc(N3CCNCC3=O)ccc2n1CCCO)c1cccc(C(F)F)c1. The highest BCUT2D eigenvalue weighted by molar-refractivity contribution is 6.04. The van der Waals surface area contributed by atoms with Crippen molar-refractivity contribution in [3.8, 4) is 0 Å². The van der Waals surface area contributed by atoms with Gasteiger partial charge in [-0.25, -0.2) is 13.8 Å². The van der Waals surface area contributed by atoms with Crippen LogP contribution in [0.3, 0.4) is 0 Å². The van der Waals surface area contributed by atoms with Crippen LogP contribution in [0.2, 0.25) is 0 Å². The number of nitrogens with one attached hydrogen (secondary N) is 2. The van der Waals surface area contributed by atoms with Crippen molar-refractivity contribution in [2.45, 2.75) is 19.4 Å². The molecule has 1 fully saturated rings. The number of piperazine rings is 1. The molecule has 1 aliphatic heterocycles. The number of rotatable bonds is 7. The highest BCUT2D eigenvalue weighted by Crippen LogP contribution is 2.27. The first-order valence-electron chi connectivity index (χ1n) is 10.3. The minimum Gasteiger partial charge on any atom is -0.396 e. The molecule has 0 radical (unpaired) electrons. The largest absolute Gasteiger partial charge is 0.396 e. The van der Waals surface area contributed by atoms with Gasteiger partial charge in [-0.05, 0) is 36.8 Å². The monoisotopic (exact) mass is 443 g/mol. The van der Waals surface area contributed by atoms with Gasteiger partial charge in [0, 0.05) is 43.1 Å². The standard InChI is InChI=1S/C22H23F2N5O3/c23-20(24)14-3-1-4-15(11-14)21(32)27-22-26-17-12-16(28-9-7-25-13-19(28)31)5-6-18(17)29(22)8-2-10-30/h1,3-6,11-12,20,25,30H,2,7-10,13H2,(H,26,27,32).